The minimum absolute atomic E-state index is 0.0444. The van der Waals surface area contributed by atoms with Gasteiger partial charge in [-0.25, -0.2) is 15.0 Å². The highest BCUT2D eigenvalue weighted by molar-refractivity contribution is 7.16. The lowest BCUT2D eigenvalue weighted by Gasteiger charge is -2.19. The predicted octanol–water partition coefficient (Wildman–Crippen LogP) is 3.51. The Bertz CT molecular complexity index is 1450. The molecule has 5 rings (SSSR count). The van der Waals surface area contributed by atoms with Gasteiger partial charge in [-0.15, -0.1) is 11.3 Å². The first-order valence-corrected chi connectivity index (χ1v) is 10.3. The fraction of sp³-hybridized carbons (Fsp3) is 0.190. The highest BCUT2D eigenvalue weighted by Gasteiger charge is 2.17. The van der Waals surface area contributed by atoms with E-state index in [9.17, 15) is 4.79 Å². The average molecular weight is 417 g/mol. The molecule has 1 N–H and O–H groups in total. The van der Waals surface area contributed by atoms with Crippen LogP contribution in [0.15, 0.2) is 53.3 Å². The minimum Gasteiger partial charge on any atom is -0.360 e. The van der Waals surface area contributed by atoms with Crippen molar-refractivity contribution in [1.29, 1.82) is 0 Å². The summed E-state index contributed by atoms with van der Waals surface area (Å²) in [7, 11) is 3.67. The van der Waals surface area contributed by atoms with Crippen LogP contribution < -0.4 is 10.9 Å². The van der Waals surface area contributed by atoms with Crippen LogP contribution in [0.25, 0.3) is 32.2 Å². The first-order valence-electron chi connectivity index (χ1n) is 9.45. The van der Waals surface area contributed by atoms with Crippen molar-refractivity contribution in [3.05, 3.63) is 64.5 Å². The number of thiazole rings is 1. The Balaban J connectivity index is 1.61. The van der Waals surface area contributed by atoms with Crippen LogP contribution in [0.1, 0.15) is 18.7 Å². The molecule has 0 bridgehead atoms. The van der Waals surface area contributed by atoms with Crippen molar-refractivity contribution < 1.29 is 0 Å². The van der Waals surface area contributed by atoms with Gasteiger partial charge in [0.2, 0.25) is 0 Å². The van der Waals surface area contributed by atoms with E-state index in [1.807, 2.05) is 44.4 Å². The second-order valence-corrected chi connectivity index (χ2v) is 8.03. The lowest BCUT2D eigenvalue weighted by atomic mass is 10.00. The molecule has 4 aromatic heterocycles. The molecule has 9 heteroatoms. The number of rotatable bonds is 4. The number of hydrogen-bond donors (Lipinski definition) is 1. The Labute approximate surface area is 175 Å². The maximum atomic E-state index is 13.3. The SMILES string of the molecule is C[C@H](Nc1ncnc2scnc12)c1cc2cccc(-c3cnn(C)c3)c2c(=O)n1C. The number of nitrogens with zero attached hydrogens (tertiary/aromatic N) is 6. The monoisotopic (exact) mass is 417 g/mol. The van der Waals surface area contributed by atoms with Crippen molar-refractivity contribution in [3.63, 3.8) is 0 Å². The summed E-state index contributed by atoms with van der Waals surface area (Å²) in [5, 5.41) is 9.22. The summed E-state index contributed by atoms with van der Waals surface area (Å²) < 4.78 is 3.43. The van der Waals surface area contributed by atoms with Gasteiger partial charge in [-0.3, -0.25) is 9.48 Å². The van der Waals surface area contributed by atoms with E-state index in [1.165, 1.54) is 17.7 Å². The molecule has 8 nitrogen and oxygen atoms in total. The number of anilines is 1. The molecule has 0 saturated heterocycles. The first-order chi connectivity index (χ1) is 14.5. The minimum atomic E-state index is -0.158. The maximum absolute atomic E-state index is 13.3. The van der Waals surface area contributed by atoms with Crippen LogP contribution in [0.3, 0.4) is 0 Å². The molecule has 0 unspecified atom stereocenters. The van der Waals surface area contributed by atoms with Crippen LogP contribution in [-0.2, 0) is 14.1 Å². The standard InChI is InChI=1S/C21H19N7OS/c1-12(26-19-18-20(23-10-22-19)30-11-24-18)16-7-13-5-4-6-15(14-8-25-27(2)9-14)17(13)21(29)28(16)3/h4-12H,1-3H3,(H,22,23,26)/t12-/m0/s1. The molecule has 0 aliphatic carbocycles. The second-order valence-electron chi connectivity index (χ2n) is 7.20. The molecule has 5 aromatic rings. The van der Waals surface area contributed by atoms with Gasteiger partial charge in [0, 0.05) is 31.5 Å². The lowest BCUT2D eigenvalue weighted by Crippen LogP contribution is -2.24. The summed E-state index contributed by atoms with van der Waals surface area (Å²) in [6, 6.07) is 7.79. The smallest absolute Gasteiger partial charge is 0.259 e. The Kier molecular flexibility index (Phi) is 4.32. The van der Waals surface area contributed by atoms with E-state index in [1.54, 1.807) is 28.0 Å². The highest BCUT2D eigenvalue weighted by atomic mass is 32.1. The molecule has 0 fully saturated rings. The quantitative estimate of drug-likeness (QED) is 0.481. The van der Waals surface area contributed by atoms with E-state index in [2.05, 4.69) is 25.4 Å². The van der Waals surface area contributed by atoms with Gasteiger partial charge in [-0.05, 0) is 23.9 Å². The molecule has 1 aromatic carbocycles. The Hall–Kier alpha value is -3.59. The number of aryl methyl sites for hydroxylation is 1. The highest BCUT2D eigenvalue weighted by Crippen LogP contribution is 2.29. The third-order valence-corrected chi connectivity index (χ3v) is 5.99. The summed E-state index contributed by atoms with van der Waals surface area (Å²) in [6.45, 7) is 2.01. The first kappa shape index (κ1) is 18.4. The zero-order valence-corrected chi connectivity index (χ0v) is 17.5. The largest absolute Gasteiger partial charge is 0.360 e. The van der Waals surface area contributed by atoms with Crippen LogP contribution in [0.4, 0.5) is 5.82 Å². The summed E-state index contributed by atoms with van der Waals surface area (Å²) >= 11 is 1.47. The van der Waals surface area contributed by atoms with Crippen LogP contribution >= 0.6 is 11.3 Å². The molecule has 0 spiro atoms. The molecule has 0 aliphatic heterocycles. The zero-order valence-electron chi connectivity index (χ0n) is 16.7. The van der Waals surface area contributed by atoms with Crippen LogP contribution in [0.5, 0.6) is 0 Å². The number of aromatic nitrogens is 6. The van der Waals surface area contributed by atoms with E-state index in [0.29, 0.717) is 11.2 Å². The Morgan fingerprint density at radius 2 is 2.03 bits per heavy atom. The molecule has 0 saturated carbocycles. The van der Waals surface area contributed by atoms with Crippen molar-refractivity contribution in [3.8, 4) is 11.1 Å². The van der Waals surface area contributed by atoms with Crippen LogP contribution in [-0.4, -0.2) is 29.3 Å². The normalized spacial score (nSPS) is 12.5. The van der Waals surface area contributed by atoms with Gasteiger partial charge in [-0.1, -0.05) is 18.2 Å². The van der Waals surface area contributed by atoms with Crippen LogP contribution in [0, 0.1) is 0 Å². The lowest BCUT2D eigenvalue weighted by molar-refractivity contribution is 0.721. The van der Waals surface area contributed by atoms with Gasteiger partial charge < -0.3 is 9.88 Å². The topological polar surface area (TPSA) is 90.5 Å². The van der Waals surface area contributed by atoms with Crippen molar-refractivity contribution >= 4 is 38.3 Å². The van der Waals surface area contributed by atoms with Gasteiger partial charge in [0.05, 0.1) is 23.1 Å². The number of pyridine rings is 1. The zero-order chi connectivity index (χ0) is 20.8. The third kappa shape index (κ3) is 2.94. The summed E-state index contributed by atoms with van der Waals surface area (Å²) in [5.41, 5.74) is 5.11. The van der Waals surface area contributed by atoms with Gasteiger partial charge in [0.15, 0.2) is 5.82 Å². The fourth-order valence-electron chi connectivity index (χ4n) is 3.77. The van der Waals surface area contributed by atoms with E-state index in [0.717, 1.165) is 32.6 Å². The van der Waals surface area contributed by atoms with E-state index in [-0.39, 0.29) is 11.6 Å². The second kappa shape index (κ2) is 7.03. The van der Waals surface area contributed by atoms with Gasteiger partial charge in [0.25, 0.3) is 5.56 Å². The Morgan fingerprint density at radius 3 is 2.83 bits per heavy atom. The van der Waals surface area contributed by atoms with Crippen molar-refractivity contribution in [2.75, 3.05) is 5.32 Å². The molecule has 150 valence electrons. The number of fused-ring (bicyclic) bond motifs is 2. The van der Waals surface area contributed by atoms with Gasteiger partial charge >= 0.3 is 0 Å². The van der Waals surface area contributed by atoms with E-state index in [4.69, 9.17) is 0 Å². The molecule has 30 heavy (non-hydrogen) atoms. The molecule has 0 aliphatic rings. The third-order valence-electron chi connectivity index (χ3n) is 5.25. The number of nitrogens with one attached hydrogen (secondary N) is 1. The maximum Gasteiger partial charge on any atom is 0.259 e. The van der Waals surface area contributed by atoms with E-state index < -0.39 is 0 Å². The van der Waals surface area contributed by atoms with Crippen molar-refractivity contribution in [2.24, 2.45) is 14.1 Å². The van der Waals surface area contributed by atoms with Crippen LogP contribution in [0.2, 0.25) is 0 Å². The molecule has 0 amide bonds. The summed E-state index contributed by atoms with van der Waals surface area (Å²) in [4.78, 5) is 27.1. The molecule has 1 atom stereocenters. The number of benzene rings is 1. The average Bonchev–Trinajstić information content (AvgIpc) is 3.39. The molecule has 4 heterocycles. The predicted molar refractivity (Wildman–Crippen MR) is 119 cm³/mol. The molecular formula is C21H19N7OS. The van der Waals surface area contributed by atoms with Crippen molar-refractivity contribution in [2.45, 2.75) is 13.0 Å². The molecule has 0 radical (unpaired) electrons. The summed E-state index contributed by atoms with van der Waals surface area (Å²) in [5.74, 6) is 0.658. The molecular weight excluding hydrogens is 398 g/mol. The number of hydrogen-bond acceptors (Lipinski definition) is 7. The summed E-state index contributed by atoms with van der Waals surface area (Å²) in [6.07, 6.45) is 5.22. The van der Waals surface area contributed by atoms with E-state index >= 15 is 0 Å². The van der Waals surface area contributed by atoms with Crippen molar-refractivity contribution in [1.82, 2.24) is 29.3 Å². The van der Waals surface area contributed by atoms with Gasteiger partial charge in [-0.2, -0.15) is 5.10 Å². The Morgan fingerprint density at radius 1 is 1.17 bits per heavy atom. The van der Waals surface area contributed by atoms with Gasteiger partial charge in [0.1, 0.15) is 16.7 Å². The fourth-order valence-corrected chi connectivity index (χ4v) is 4.39.